The van der Waals surface area contributed by atoms with Crippen molar-refractivity contribution in [3.63, 3.8) is 0 Å². The van der Waals surface area contributed by atoms with E-state index in [1.165, 1.54) is 16.9 Å². The van der Waals surface area contributed by atoms with Gasteiger partial charge >= 0.3 is 0 Å². The zero-order chi connectivity index (χ0) is 14.2. The van der Waals surface area contributed by atoms with Crippen molar-refractivity contribution in [3.05, 3.63) is 52.2 Å². The molecule has 2 nitrogen and oxygen atoms in total. The summed E-state index contributed by atoms with van der Waals surface area (Å²) in [5.74, 6) is 1.01. The average molecular weight is 289 g/mol. The van der Waals surface area contributed by atoms with E-state index in [4.69, 9.17) is 4.74 Å². The lowest BCUT2D eigenvalue weighted by atomic mass is 10.00. The quantitative estimate of drug-likeness (QED) is 0.776. The standard InChI is InChI=1S/C17H23NOS/c1-3-19-17-12-5-4-10-15(17)16(18-2)11-6-8-14-9-7-13-20-14/h4-5,7,9-10,12-13,16,18H,3,6,8,11H2,1-2H3. The number of rotatable bonds is 8. The summed E-state index contributed by atoms with van der Waals surface area (Å²) in [5.41, 5.74) is 1.27. The third-order valence-corrected chi connectivity index (χ3v) is 4.37. The third kappa shape index (κ3) is 4.09. The van der Waals surface area contributed by atoms with Gasteiger partial charge in [0.05, 0.1) is 6.61 Å². The van der Waals surface area contributed by atoms with Gasteiger partial charge in [-0.25, -0.2) is 0 Å². The van der Waals surface area contributed by atoms with Crippen LogP contribution in [-0.2, 0) is 6.42 Å². The molecule has 1 atom stereocenters. The van der Waals surface area contributed by atoms with Crippen molar-refractivity contribution in [2.45, 2.75) is 32.2 Å². The number of thiophene rings is 1. The number of hydrogen-bond acceptors (Lipinski definition) is 3. The molecular weight excluding hydrogens is 266 g/mol. The number of nitrogens with one attached hydrogen (secondary N) is 1. The van der Waals surface area contributed by atoms with Crippen LogP contribution in [-0.4, -0.2) is 13.7 Å². The Morgan fingerprint density at radius 3 is 2.75 bits per heavy atom. The molecule has 0 fully saturated rings. The van der Waals surface area contributed by atoms with Gasteiger partial charge in [-0.3, -0.25) is 0 Å². The van der Waals surface area contributed by atoms with Crippen molar-refractivity contribution in [1.82, 2.24) is 5.32 Å². The first-order valence-electron chi connectivity index (χ1n) is 7.26. The Morgan fingerprint density at radius 1 is 1.20 bits per heavy atom. The molecule has 0 amide bonds. The van der Waals surface area contributed by atoms with Gasteiger partial charge in [0, 0.05) is 16.5 Å². The summed E-state index contributed by atoms with van der Waals surface area (Å²) < 4.78 is 5.73. The fourth-order valence-electron chi connectivity index (χ4n) is 2.45. The Labute approximate surface area is 125 Å². The third-order valence-electron chi connectivity index (χ3n) is 3.44. The molecule has 0 bridgehead atoms. The molecule has 1 aromatic heterocycles. The lowest BCUT2D eigenvalue weighted by Gasteiger charge is -2.19. The molecule has 0 saturated heterocycles. The van der Waals surface area contributed by atoms with Crippen LogP contribution in [0.15, 0.2) is 41.8 Å². The van der Waals surface area contributed by atoms with E-state index in [9.17, 15) is 0 Å². The molecule has 0 aliphatic carbocycles. The molecule has 1 unspecified atom stereocenters. The van der Waals surface area contributed by atoms with Crippen LogP contribution >= 0.6 is 11.3 Å². The summed E-state index contributed by atoms with van der Waals surface area (Å²) in [6.45, 7) is 2.74. The van der Waals surface area contributed by atoms with Gasteiger partial charge in [0.25, 0.3) is 0 Å². The van der Waals surface area contributed by atoms with E-state index in [-0.39, 0.29) is 0 Å². The SMILES string of the molecule is CCOc1ccccc1C(CCCc1cccs1)NC. The van der Waals surface area contributed by atoms with Crippen LogP contribution in [0.3, 0.4) is 0 Å². The van der Waals surface area contributed by atoms with E-state index in [0.717, 1.165) is 18.6 Å². The molecule has 20 heavy (non-hydrogen) atoms. The van der Waals surface area contributed by atoms with Crippen LogP contribution in [0.1, 0.15) is 36.2 Å². The van der Waals surface area contributed by atoms with Crippen LogP contribution in [0.5, 0.6) is 5.75 Å². The fourth-order valence-corrected chi connectivity index (χ4v) is 3.20. The minimum atomic E-state index is 0.359. The summed E-state index contributed by atoms with van der Waals surface area (Å²) in [6.07, 6.45) is 3.47. The van der Waals surface area contributed by atoms with Gasteiger partial charge in [-0.1, -0.05) is 24.3 Å². The Bertz CT molecular complexity index is 495. The number of ether oxygens (including phenoxy) is 1. The molecule has 0 radical (unpaired) electrons. The largest absolute Gasteiger partial charge is 0.494 e. The van der Waals surface area contributed by atoms with Crippen LogP contribution < -0.4 is 10.1 Å². The molecule has 0 saturated carbocycles. The summed E-state index contributed by atoms with van der Waals surface area (Å²) in [4.78, 5) is 1.47. The Kier molecular flexibility index (Phi) is 6.09. The van der Waals surface area contributed by atoms with Crippen LogP contribution in [0.25, 0.3) is 0 Å². The van der Waals surface area contributed by atoms with Crippen molar-refractivity contribution < 1.29 is 4.74 Å². The zero-order valence-corrected chi connectivity index (χ0v) is 13.1. The monoisotopic (exact) mass is 289 g/mol. The van der Waals surface area contributed by atoms with E-state index >= 15 is 0 Å². The average Bonchev–Trinajstić information content (AvgIpc) is 2.98. The number of aryl methyl sites for hydroxylation is 1. The van der Waals surface area contributed by atoms with Gasteiger partial charge in [-0.05, 0) is 50.7 Å². The summed E-state index contributed by atoms with van der Waals surface area (Å²) >= 11 is 1.84. The van der Waals surface area contributed by atoms with E-state index in [1.807, 2.05) is 31.4 Å². The predicted molar refractivity (Wildman–Crippen MR) is 86.7 cm³/mol. The normalized spacial score (nSPS) is 12.3. The lowest BCUT2D eigenvalue weighted by molar-refractivity contribution is 0.330. The van der Waals surface area contributed by atoms with Crippen molar-refractivity contribution >= 4 is 11.3 Å². The molecule has 1 N–H and O–H groups in total. The van der Waals surface area contributed by atoms with Crippen molar-refractivity contribution in [1.29, 1.82) is 0 Å². The maximum atomic E-state index is 5.73. The summed E-state index contributed by atoms with van der Waals surface area (Å²) in [5, 5.41) is 5.57. The molecule has 2 aromatic rings. The van der Waals surface area contributed by atoms with Gasteiger partial charge in [0.1, 0.15) is 5.75 Å². The van der Waals surface area contributed by atoms with Gasteiger partial charge in [0.15, 0.2) is 0 Å². The van der Waals surface area contributed by atoms with Crippen molar-refractivity contribution in [2.24, 2.45) is 0 Å². The number of hydrogen-bond donors (Lipinski definition) is 1. The van der Waals surface area contributed by atoms with Gasteiger partial charge < -0.3 is 10.1 Å². The second kappa shape index (κ2) is 8.08. The molecule has 3 heteroatoms. The number of para-hydroxylation sites is 1. The first kappa shape index (κ1) is 15.1. The highest BCUT2D eigenvalue weighted by Gasteiger charge is 2.13. The minimum Gasteiger partial charge on any atom is -0.494 e. The summed E-state index contributed by atoms with van der Waals surface area (Å²) in [6, 6.07) is 13.0. The highest BCUT2D eigenvalue weighted by molar-refractivity contribution is 7.09. The molecule has 0 aliphatic rings. The van der Waals surface area contributed by atoms with Crippen LogP contribution in [0.4, 0.5) is 0 Å². The Balaban J connectivity index is 1.97. The maximum Gasteiger partial charge on any atom is 0.124 e. The predicted octanol–water partition coefficient (Wildman–Crippen LogP) is 4.43. The minimum absolute atomic E-state index is 0.359. The second-order valence-electron chi connectivity index (χ2n) is 4.78. The number of benzene rings is 1. The van der Waals surface area contributed by atoms with Crippen LogP contribution in [0.2, 0.25) is 0 Å². The molecule has 0 spiro atoms. The van der Waals surface area contributed by atoms with E-state index < -0.39 is 0 Å². The highest BCUT2D eigenvalue weighted by Crippen LogP contribution is 2.28. The highest BCUT2D eigenvalue weighted by atomic mass is 32.1. The second-order valence-corrected chi connectivity index (χ2v) is 5.82. The lowest BCUT2D eigenvalue weighted by Crippen LogP contribution is -2.17. The Hall–Kier alpha value is -1.32. The van der Waals surface area contributed by atoms with E-state index in [0.29, 0.717) is 12.6 Å². The van der Waals surface area contributed by atoms with E-state index in [2.05, 4.69) is 41.0 Å². The van der Waals surface area contributed by atoms with Gasteiger partial charge in [-0.2, -0.15) is 0 Å². The van der Waals surface area contributed by atoms with Gasteiger partial charge in [0.2, 0.25) is 0 Å². The molecule has 1 aromatic carbocycles. The molecule has 0 aliphatic heterocycles. The molecule has 2 rings (SSSR count). The maximum absolute atomic E-state index is 5.73. The fraction of sp³-hybridized carbons (Fsp3) is 0.412. The van der Waals surface area contributed by atoms with E-state index in [1.54, 1.807) is 0 Å². The van der Waals surface area contributed by atoms with Gasteiger partial charge in [-0.15, -0.1) is 11.3 Å². The van der Waals surface area contributed by atoms with Crippen molar-refractivity contribution in [3.8, 4) is 5.75 Å². The van der Waals surface area contributed by atoms with Crippen molar-refractivity contribution in [2.75, 3.05) is 13.7 Å². The topological polar surface area (TPSA) is 21.3 Å². The zero-order valence-electron chi connectivity index (χ0n) is 12.3. The molecular formula is C17H23NOS. The molecule has 108 valence electrons. The summed E-state index contributed by atoms with van der Waals surface area (Å²) in [7, 11) is 2.03. The Morgan fingerprint density at radius 2 is 2.05 bits per heavy atom. The first-order chi connectivity index (χ1) is 9.85. The first-order valence-corrected chi connectivity index (χ1v) is 8.14. The smallest absolute Gasteiger partial charge is 0.124 e. The molecule has 1 heterocycles. The van der Waals surface area contributed by atoms with Crippen LogP contribution in [0, 0.1) is 0 Å².